The molecule has 0 saturated carbocycles. The first kappa shape index (κ1) is 10.7. The van der Waals surface area contributed by atoms with E-state index in [2.05, 4.69) is 40.6 Å². The van der Waals surface area contributed by atoms with Gasteiger partial charge in [-0.2, -0.15) is 0 Å². The van der Waals surface area contributed by atoms with Crippen molar-refractivity contribution in [2.45, 2.75) is 12.5 Å². The molecule has 1 aliphatic heterocycles. The number of aromatic nitrogens is 1. The fraction of sp³-hybridized carbons (Fsp3) is 0.357. The summed E-state index contributed by atoms with van der Waals surface area (Å²) in [5, 5.41) is 5.98. The molecule has 2 aromatic rings. The van der Waals surface area contributed by atoms with Gasteiger partial charge in [0, 0.05) is 36.3 Å². The van der Waals surface area contributed by atoms with E-state index in [-0.39, 0.29) is 0 Å². The second-order valence-corrected chi connectivity index (χ2v) is 4.41. The minimum absolute atomic E-state index is 0.391. The Kier molecular flexibility index (Phi) is 3.03. The van der Waals surface area contributed by atoms with Crippen molar-refractivity contribution in [3.63, 3.8) is 0 Å². The highest BCUT2D eigenvalue weighted by Crippen LogP contribution is 2.17. The molecule has 88 valence electrons. The summed E-state index contributed by atoms with van der Waals surface area (Å²) in [6.07, 6.45) is 2.82. The maximum absolute atomic E-state index is 5.48. The van der Waals surface area contributed by atoms with Crippen LogP contribution in [0.5, 0.6) is 0 Å². The maximum atomic E-state index is 5.48. The predicted molar refractivity (Wildman–Crippen MR) is 68.1 cm³/mol. The van der Waals surface area contributed by atoms with Crippen LogP contribution in [0.25, 0.3) is 10.8 Å². The van der Waals surface area contributed by atoms with Gasteiger partial charge in [0.25, 0.3) is 0 Å². The molecule has 0 radical (unpaired) electrons. The molecule has 1 aromatic carbocycles. The van der Waals surface area contributed by atoms with Gasteiger partial charge in [0.1, 0.15) is 0 Å². The highest BCUT2D eigenvalue weighted by Gasteiger charge is 2.15. The van der Waals surface area contributed by atoms with Crippen LogP contribution in [-0.2, 0) is 11.2 Å². The predicted octanol–water partition coefficient (Wildman–Crippen LogP) is 1.77. The number of hydrogen-bond acceptors (Lipinski definition) is 3. The highest BCUT2D eigenvalue weighted by atomic mass is 16.5. The lowest BCUT2D eigenvalue weighted by Gasteiger charge is -2.23. The molecule has 1 saturated heterocycles. The first-order chi connectivity index (χ1) is 8.43. The molecule has 2 heterocycles. The van der Waals surface area contributed by atoms with E-state index >= 15 is 0 Å². The van der Waals surface area contributed by atoms with E-state index in [0.717, 1.165) is 31.9 Å². The summed E-state index contributed by atoms with van der Waals surface area (Å²) in [7, 11) is 0. The van der Waals surface area contributed by atoms with E-state index in [4.69, 9.17) is 4.74 Å². The molecule has 0 bridgehead atoms. The minimum atomic E-state index is 0.391. The number of ether oxygens (including phenoxy) is 1. The largest absolute Gasteiger partial charge is 0.379 e. The van der Waals surface area contributed by atoms with E-state index in [1.54, 1.807) is 0 Å². The summed E-state index contributed by atoms with van der Waals surface area (Å²) in [5.74, 6) is 0. The number of rotatable bonds is 2. The second-order valence-electron chi connectivity index (χ2n) is 4.41. The third-order valence-corrected chi connectivity index (χ3v) is 3.19. The zero-order chi connectivity index (χ0) is 11.5. The van der Waals surface area contributed by atoms with Crippen molar-refractivity contribution in [1.29, 1.82) is 0 Å². The van der Waals surface area contributed by atoms with Crippen LogP contribution in [0.2, 0.25) is 0 Å². The smallest absolute Gasteiger partial charge is 0.0624 e. The molecule has 0 aliphatic carbocycles. The van der Waals surface area contributed by atoms with Crippen LogP contribution in [0.3, 0.4) is 0 Å². The molecule has 1 N–H and O–H groups in total. The average molecular weight is 228 g/mol. The highest BCUT2D eigenvalue weighted by molar-refractivity contribution is 5.84. The first-order valence-corrected chi connectivity index (χ1v) is 6.07. The van der Waals surface area contributed by atoms with Crippen molar-refractivity contribution in [3.8, 4) is 0 Å². The van der Waals surface area contributed by atoms with Gasteiger partial charge in [-0.15, -0.1) is 0 Å². The van der Waals surface area contributed by atoms with Crippen molar-refractivity contribution in [3.05, 3.63) is 42.2 Å². The summed E-state index contributed by atoms with van der Waals surface area (Å²) >= 11 is 0. The van der Waals surface area contributed by atoms with Crippen LogP contribution < -0.4 is 5.32 Å². The van der Waals surface area contributed by atoms with Crippen molar-refractivity contribution < 1.29 is 4.74 Å². The van der Waals surface area contributed by atoms with E-state index in [1.807, 2.05) is 6.20 Å². The third-order valence-electron chi connectivity index (χ3n) is 3.19. The monoisotopic (exact) mass is 228 g/mol. The number of nitrogens with one attached hydrogen (secondary N) is 1. The van der Waals surface area contributed by atoms with Gasteiger partial charge in [0.2, 0.25) is 0 Å². The first-order valence-electron chi connectivity index (χ1n) is 6.07. The molecule has 1 unspecified atom stereocenters. The molecular weight excluding hydrogens is 212 g/mol. The van der Waals surface area contributed by atoms with Gasteiger partial charge in [-0.05, 0) is 11.5 Å². The van der Waals surface area contributed by atoms with E-state index in [1.165, 1.54) is 10.8 Å². The SMILES string of the molecule is c1ccc2c(CC3COCCN3)nccc2c1. The van der Waals surface area contributed by atoms with Gasteiger partial charge in [-0.3, -0.25) is 4.98 Å². The van der Waals surface area contributed by atoms with E-state index in [9.17, 15) is 0 Å². The van der Waals surface area contributed by atoms with Crippen molar-refractivity contribution in [2.24, 2.45) is 0 Å². The van der Waals surface area contributed by atoms with Crippen LogP contribution in [0.15, 0.2) is 36.5 Å². The van der Waals surface area contributed by atoms with Crippen molar-refractivity contribution >= 4 is 10.8 Å². The number of benzene rings is 1. The Hall–Kier alpha value is -1.45. The minimum Gasteiger partial charge on any atom is -0.379 e. The standard InChI is InChI=1S/C14H16N2O/c1-2-4-13-11(3-1)5-6-16-14(13)9-12-10-17-8-7-15-12/h1-6,12,15H,7-10H2. The van der Waals surface area contributed by atoms with Crippen LogP contribution in [0, 0.1) is 0 Å². The topological polar surface area (TPSA) is 34.1 Å². The summed E-state index contributed by atoms with van der Waals surface area (Å²) < 4.78 is 5.48. The molecule has 3 nitrogen and oxygen atoms in total. The van der Waals surface area contributed by atoms with Gasteiger partial charge in [0.15, 0.2) is 0 Å². The molecule has 3 heteroatoms. The lowest BCUT2D eigenvalue weighted by Crippen LogP contribution is -2.42. The molecule has 0 spiro atoms. The number of hydrogen-bond donors (Lipinski definition) is 1. The van der Waals surface area contributed by atoms with E-state index < -0.39 is 0 Å². The Bertz CT molecular complexity index is 501. The molecule has 3 rings (SSSR count). The molecule has 17 heavy (non-hydrogen) atoms. The van der Waals surface area contributed by atoms with Crippen LogP contribution in [0.4, 0.5) is 0 Å². The summed E-state index contributed by atoms with van der Waals surface area (Å²) in [6.45, 7) is 2.54. The Morgan fingerprint density at radius 3 is 3.12 bits per heavy atom. The van der Waals surface area contributed by atoms with Gasteiger partial charge in [-0.25, -0.2) is 0 Å². The fourth-order valence-electron chi connectivity index (χ4n) is 2.33. The van der Waals surface area contributed by atoms with Crippen LogP contribution in [0.1, 0.15) is 5.69 Å². The maximum Gasteiger partial charge on any atom is 0.0624 e. The van der Waals surface area contributed by atoms with E-state index in [0.29, 0.717) is 6.04 Å². The third kappa shape index (κ3) is 2.30. The van der Waals surface area contributed by atoms with Gasteiger partial charge < -0.3 is 10.1 Å². The molecule has 0 amide bonds. The normalized spacial score (nSPS) is 20.6. The zero-order valence-corrected chi connectivity index (χ0v) is 9.73. The Morgan fingerprint density at radius 2 is 2.24 bits per heavy atom. The number of nitrogens with zero attached hydrogens (tertiary/aromatic N) is 1. The van der Waals surface area contributed by atoms with Gasteiger partial charge >= 0.3 is 0 Å². The number of fused-ring (bicyclic) bond motifs is 1. The Balaban J connectivity index is 1.89. The lowest BCUT2D eigenvalue weighted by atomic mass is 10.0. The molecule has 1 fully saturated rings. The molecular formula is C14H16N2O. The van der Waals surface area contributed by atoms with Crippen molar-refractivity contribution in [2.75, 3.05) is 19.8 Å². The Morgan fingerprint density at radius 1 is 1.29 bits per heavy atom. The number of morpholine rings is 1. The van der Waals surface area contributed by atoms with Gasteiger partial charge in [0.05, 0.1) is 13.2 Å². The summed E-state index contributed by atoms with van der Waals surface area (Å²) in [4.78, 5) is 4.51. The molecule has 1 aromatic heterocycles. The lowest BCUT2D eigenvalue weighted by molar-refractivity contribution is 0.0768. The second kappa shape index (κ2) is 4.82. The van der Waals surface area contributed by atoms with Crippen molar-refractivity contribution in [1.82, 2.24) is 10.3 Å². The average Bonchev–Trinajstić information content (AvgIpc) is 2.40. The Labute approximate surface area is 101 Å². The zero-order valence-electron chi connectivity index (χ0n) is 9.73. The number of pyridine rings is 1. The van der Waals surface area contributed by atoms with Crippen LogP contribution >= 0.6 is 0 Å². The fourth-order valence-corrected chi connectivity index (χ4v) is 2.33. The molecule has 1 aliphatic rings. The summed E-state index contributed by atoms with van der Waals surface area (Å²) in [6, 6.07) is 10.9. The van der Waals surface area contributed by atoms with Crippen LogP contribution in [-0.4, -0.2) is 30.8 Å². The molecule has 1 atom stereocenters. The summed E-state index contributed by atoms with van der Waals surface area (Å²) in [5.41, 5.74) is 1.16. The quantitative estimate of drug-likeness (QED) is 0.850. The van der Waals surface area contributed by atoms with Gasteiger partial charge in [-0.1, -0.05) is 24.3 Å².